The van der Waals surface area contributed by atoms with Crippen LogP contribution < -0.4 is 0 Å². The van der Waals surface area contributed by atoms with Crippen molar-refractivity contribution in [3.8, 4) is 0 Å². The molecule has 0 spiro atoms. The van der Waals surface area contributed by atoms with Crippen LogP contribution in [0.25, 0.3) is 0 Å². The standard InChI is InChI=1S/C14H17N5O5S2/c1-2-17-10-11(19(21)22)13(15-17)14(20)16-5-7-18(8-6-16)26(23,24)12-4-3-9-25-12/h3-4,9-10H,2,5-8H2,1H3. The van der Waals surface area contributed by atoms with Gasteiger partial charge in [0.15, 0.2) is 0 Å². The number of nitro groups is 1. The van der Waals surface area contributed by atoms with Gasteiger partial charge in [-0.2, -0.15) is 9.40 Å². The van der Waals surface area contributed by atoms with Crippen LogP contribution in [0, 0.1) is 10.1 Å². The van der Waals surface area contributed by atoms with Crippen LogP contribution >= 0.6 is 11.3 Å². The van der Waals surface area contributed by atoms with Crippen LogP contribution in [0.3, 0.4) is 0 Å². The van der Waals surface area contributed by atoms with Crippen LogP contribution in [-0.2, 0) is 16.6 Å². The second kappa shape index (κ2) is 7.13. The molecule has 1 aliphatic rings. The maximum Gasteiger partial charge on any atom is 0.320 e. The highest BCUT2D eigenvalue weighted by Crippen LogP contribution is 2.23. The zero-order valence-corrected chi connectivity index (χ0v) is 15.6. The second-order valence-electron chi connectivity index (χ2n) is 5.60. The third kappa shape index (κ3) is 3.34. The highest BCUT2D eigenvalue weighted by atomic mass is 32.2. The van der Waals surface area contributed by atoms with Gasteiger partial charge < -0.3 is 4.90 Å². The van der Waals surface area contributed by atoms with E-state index in [2.05, 4.69) is 5.10 Å². The number of carbonyl (C=O) groups is 1. The Morgan fingerprint density at radius 3 is 2.58 bits per heavy atom. The molecule has 0 N–H and O–H groups in total. The summed E-state index contributed by atoms with van der Waals surface area (Å²) < 4.78 is 27.9. The number of rotatable bonds is 5. The van der Waals surface area contributed by atoms with Crippen LogP contribution in [0.2, 0.25) is 0 Å². The summed E-state index contributed by atoms with van der Waals surface area (Å²) in [4.78, 5) is 24.5. The van der Waals surface area contributed by atoms with Gasteiger partial charge in [0, 0.05) is 32.7 Å². The fraction of sp³-hybridized carbons (Fsp3) is 0.429. The maximum absolute atomic E-state index is 12.6. The lowest BCUT2D eigenvalue weighted by molar-refractivity contribution is -0.385. The lowest BCUT2D eigenvalue weighted by Crippen LogP contribution is -2.50. The first-order valence-electron chi connectivity index (χ1n) is 7.89. The Morgan fingerprint density at radius 2 is 2.04 bits per heavy atom. The molecule has 1 fully saturated rings. The first-order valence-corrected chi connectivity index (χ1v) is 10.2. The number of piperazine rings is 1. The van der Waals surface area contributed by atoms with Gasteiger partial charge in [0.05, 0.1) is 4.92 Å². The van der Waals surface area contributed by atoms with Crippen molar-refractivity contribution >= 4 is 33.0 Å². The van der Waals surface area contributed by atoms with Gasteiger partial charge in [-0.1, -0.05) is 6.07 Å². The molecular weight excluding hydrogens is 382 g/mol. The zero-order chi connectivity index (χ0) is 18.9. The van der Waals surface area contributed by atoms with E-state index in [9.17, 15) is 23.3 Å². The fourth-order valence-electron chi connectivity index (χ4n) is 2.68. The van der Waals surface area contributed by atoms with Crippen molar-refractivity contribution in [3.63, 3.8) is 0 Å². The van der Waals surface area contributed by atoms with Gasteiger partial charge in [0.1, 0.15) is 10.4 Å². The molecular formula is C14H17N5O5S2. The number of aromatic nitrogens is 2. The average molecular weight is 399 g/mol. The molecule has 0 saturated carbocycles. The minimum atomic E-state index is -3.57. The minimum absolute atomic E-state index is 0.133. The molecule has 0 aliphatic carbocycles. The summed E-state index contributed by atoms with van der Waals surface area (Å²) in [7, 11) is -3.57. The van der Waals surface area contributed by atoms with Crippen LogP contribution in [0.5, 0.6) is 0 Å². The van der Waals surface area contributed by atoms with Crippen LogP contribution in [-0.4, -0.2) is 64.4 Å². The summed E-state index contributed by atoms with van der Waals surface area (Å²) in [6.07, 6.45) is 1.23. The molecule has 1 amide bonds. The Hall–Kier alpha value is -2.31. The van der Waals surface area contributed by atoms with E-state index in [4.69, 9.17) is 0 Å². The summed E-state index contributed by atoms with van der Waals surface area (Å²) in [5.41, 5.74) is -0.558. The smallest absolute Gasteiger partial charge is 0.320 e. The van der Waals surface area contributed by atoms with Gasteiger partial charge in [0.2, 0.25) is 5.69 Å². The Labute approximate surface area is 153 Å². The molecule has 1 saturated heterocycles. The number of aryl methyl sites for hydroxylation is 1. The second-order valence-corrected chi connectivity index (χ2v) is 8.72. The molecule has 3 heterocycles. The fourth-order valence-corrected chi connectivity index (χ4v) is 5.24. The predicted octanol–water partition coefficient (Wildman–Crippen LogP) is 1.02. The Morgan fingerprint density at radius 1 is 1.35 bits per heavy atom. The number of thiophene rings is 1. The monoisotopic (exact) mass is 399 g/mol. The number of hydrogen-bond donors (Lipinski definition) is 0. The summed E-state index contributed by atoms with van der Waals surface area (Å²) in [5, 5.41) is 16.8. The van der Waals surface area contributed by atoms with Crippen molar-refractivity contribution in [1.82, 2.24) is 19.0 Å². The van der Waals surface area contributed by atoms with E-state index in [0.717, 1.165) is 11.3 Å². The lowest BCUT2D eigenvalue weighted by atomic mass is 10.3. The summed E-state index contributed by atoms with van der Waals surface area (Å²) in [6.45, 7) is 2.74. The van der Waals surface area contributed by atoms with E-state index in [0.29, 0.717) is 6.54 Å². The largest absolute Gasteiger partial charge is 0.334 e. The maximum atomic E-state index is 12.6. The number of hydrogen-bond acceptors (Lipinski definition) is 7. The van der Waals surface area contributed by atoms with Gasteiger partial charge in [-0.3, -0.25) is 19.6 Å². The molecule has 26 heavy (non-hydrogen) atoms. The zero-order valence-electron chi connectivity index (χ0n) is 13.9. The molecule has 0 bridgehead atoms. The van der Waals surface area contributed by atoms with Crippen molar-refractivity contribution in [2.75, 3.05) is 26.2 Å². The Balaban J connectivity index is 1.73. The number of sulfonamides is 1. The van der Waals surface area contributed by atoms with E-state index in [1.165, 1.54) is 26.2 Å². The van der Waals surface area contributed by atoms with Crippen molar-refractivity contribution in [2.45, 2.75) is 17.7 Å². The lowest BCUT2D eigenvalue weighted by Gasteiger charge is -2.33. The van der Waals surface area contributed by atoms with E-state index >= 15 is 0 Å². The van der Waals surface area contributed by atoms with Crippen molar-refractivity contribution in [3.05, 3.63) is 39.5 Å². The Bertz CT molecular complexity index is 914. The third-order valence-electron chi connectivity index (χ3n) is 4.08. The quantitative estimate of drug-likeness (QED) is 0.547. The molecule has 2 aromatic heterocycles. The number of amides is 1. The molecule has 3 rings (SSSR count). The highest BCUT2D eigenvalue weighted by Gasteiger charge is 2.34. The normalized spacial score (nSPS) is 16.0. The first-order chi connectivity index (χ1) is 12.3. The van der Waals surface area contributed by atoms with Crippen molar-refractivity contribution in [2.24, 2.45) is 0 Å². The number of nitrogens with zero attached hydrogens (tertiary/aromatic N) is 5. The molecule has 140 valence electrons. The van der Waals surface area contributed by atoms with E-state index in [1.54, 1.807) is 18.4 Å². The van der Waals surface area contributed by atoms with Gasteiger partial charge in [0.25, 0.3) is 15.9 Å². The van der Waals surface area contributed by atoms with E-state index in [-0.39, 0.29) is 41.8 Å². The summed E-state index contributed by atoms with van der Waals surface area (Å²) in [5.74, 6) is -0.558. The molecule has 0 radical (unpaired) electrons. The van der Waals surface area contributed by atoms with Crippen molar-refractivity contribution in [1.29, 1.82) is 0 Å². The Kier molecular flexibility index (Phi) is 5.07. The minimum Gasteiger partial charge on any atom is -0.334 e. The predicted molar refractivity (Wildman–Crippen MR) is 93.5 cm³/mol. The molecule has 2 aromatic rings. The topological polar surface area (TPSA) is 119 Å². The van der Waals surface area contributed by atoms with Crippen LogP contribution in [0.15, 0.2) is 27.9 Å². The van der Waals surface area contributed by atoms with Crippen LogP contribution in [0.1, 0.15) is 17.4 Å². The molecule has 12 heteroatoms. The molecule has 0 atom stereocenters. The van der Waals surface area contributed by atoms with E-state index in [1.807, 2.05) is 0 Å². The first kappa shape index (κ1) is 18.5. The van der Waals surface area contributed by atoms with Gasteiger partial charge in [-0.15, -0.1) is 11.3 Å². The highest BCUT2D eigenvalue weighted by molar-refractivity contribution is 7.91. The average Bonchev–Trinajstić information content (AvgIpc) is 3.31. The van der Waals surface area contributed by atoms with Crippen molar-refractivity contribution < 1.29 is 18.1 Å². The molecule has 0 unspecified atom stereocenters. The van der Waals surface area contributed by atoms with Gasteiger partial charge in [-0.25, -0.2) is 8.42 Å². The summed E-state index contributed by atoms with van der Waals surface area (Å²) in [6, 6.07) is 3.21. The van der Waals surface area contributed by atoms with Gasteiger partial charge in [-0.05, 0) is 18.4 Å². The molecule has 0 aromatic carbocycles. The van der Waals surface area contributed by atoms with E-state index < -0.39 is 20.9 Å². The third-order valence-corrected chi connectivity index (χ3v) is 7.35. The summed E-state index contributed by atoms with van der Waals surface area (Å²) >= 11 is 1.14. The SMILES string of the molecule is CCn1cc([N+](=O)[O-])c(C(=O)N2CCN(S(=O)(=O)c3cccs3)CC2)n1. The molecule has 10 nitrogen and oxygen atoms in total. The number of carbonyl (C=O) groups excluding carboxylic acids is 1. The van der Waals surface area contributed by atoms with Gasteiger partial charge >= 0.3 is 5.69 Å². The van der Waals surface area contributed by atoms with Crippen LogP contribution in [0.4, 0.5) is 5.69 Å². The molecule has 1 aliphatic heterocycles.